The molecule has 0 N–H and O–H groups in total. The number of nitrogens with zero attached hydrogens (tertiary/aromatic N) is 3. The van der Waals surface area contributed by atoms with E-state index in [-0.39, 0.29) is 31.5 Å². The van der Waals surface area contributed by atoms with E-state index in [1.807, 2.05) is 84.9 Å². The van der Waals surface area contributed by atoms with E-state index in [0.29, 0.717) is 22.5 Å². The largest absolute Gasteiger partial charge is 3.00 e. The summed E-state index contributed by atoms with van der Waals surface area (Å²) in [6.45, 7) is -6.46. The van der Waals surface area contributed by atoms with Crippen LogP contribution in [-0.2, 0) is 20.1 Å². The van der Waals surface area contributed by atoms with E-state index in [1.165, 1.54) is 12.1 Å². The van der Waals surface area contributed by atoms with Crippen molar-refractivity contribution in [3.05, 3.63) is 187 Å². The average Bonchev–Trinajstić information content (AvgIpc) is 3.19. The molecule has 0 aliphatic rings. The van der Waals surface area contributed by atoms with Crippen molar-refractivity contribution < 1.29 is 32.4 Å². The molecule has 0 aliphatic carbocycles. The van der Waals surface area contributed by atoms with Gasteiger partial charge in [0.05, 0.1) is 0 Å². The Balaban J connectivity index is 0.000000185. The Hall–Kier alpha value is -5.02. The van der Waals surface area contributed by atoms with Crippen molar-refractivity contribution in [3.63, 3.8) is 0 Å². The predicted molar refractivity (Wildman–Crippen MR) is 185 cm³/mol. The SMILES string of the molecule is [2H]C([2H])([2H])c1cccc(-c2[c-]cccc2)n1.[2H]C([2H])([2H])c1cccc(-c2[c-]cccc2)n1.[2H]C([2H])([2H])c1ccccc1-c1ccc(-c2[c-]cccc2)nc1.[Ir+3]. The van der Waals surface area contributed by atoms with Gasteiger partial charge < -0.3 is 15.0 Å². The number of rotatable bonds is 4. The van der Waals surface area contributed by atoms with Crippen LogP contribution in [0.2, 0.25) is 0 Å². The summed E-state index contributed by atoms with van der Waals surface area (Å²) in [6, 6.07) is 52.3. The number of benzene rings is 4. The minimum Gasteiger partial charge on any atom is -0.304 e. The number of aromatic nitrogens is 3. The first kappa shape index (κ1) is 23.3. The van der Waals surface area contributed by atoms with Gasteiger partial charge >= 0.3 is 20.1 Å². The Kier molecular flexibility index (Phi) is 8.86. The molecular weight excluding hydrogens is 739 g/mol. The summed E-state index contributed by atoms with van der Waals surface area (Å²) in [5, 5.41) is 0. The van der Waals surface area contributed by atoms with Crippen LogP contribution < -0.4 is 0 Å². The van der Waals surface area contributed by atoms with Crippen molar-refractivity contribution in [3.8, 4) is 44.9 Å². The number of aryl methyl sites for hydroxylation is 3. The van der Waals surface area contributed by atoms with Crippen molar-refractivity contribution >= 4 is 0 Å². The van der Waals surface area contributed by atoms with Gasteiger partial charge in [-0.25, -0.2) is 0 Å². The first-order chi connectivity index (χ1) is 25.7. The van der Waals surface area contributed by atoms with Gasteiger partial charge in [0.1, 0.15) is 0 Å². The summed E-state index contributed by atoms with van der Waals surface area (Å²) in [7, 11) is 0. The summed E-state index contributed by atoms with van der Waals surface area (Å²) in [5.41, 5.74) is 6.66. The van der Waals surface area contributed by atoms with Crippen LogP contribution in [0.25, 0.3) is 44.9 Å². The Morgan fingerprint density at radius 2 is 1.00 bits per heavy atom. The van der Waals surface area contributed by atoms with Crippen molar-refractivity contribution in [2.45, 2.75) is 20.6 Å². The molecule has 7 rings (SSSR count). The number of hydrogen-bond donors (Lipinski definition) is 0. The summed E-state index contributed by atoms with van der Waals surface area (Å²) in [4.78, 5) is 12.7. The van der Waals surface area contributed by atoms with Gasteiger partial charge in [0.15, 0.2) is 0 Å². The van der Waals surface area contributed by atoms with Crippen LogP contribution in [-0.4, -0.2) is 15.0 Å². The second-order valence-electron chi connectivity index (χ2n) is 9.62. The molecule has 0 radical (unpaired) electrons. The third kappa shape index (κ3) is 9.74. The monoisotopic (exact) mass is 782 g/mol. The van der Waals surface area contributed by atoms with Gasteiger partial charge in [0.2, 0.25) is 0 Å². The van der Waals surface area contributed by atoms with Crippen molar-refractivity contribution in [1.82, 2.24) is 15.0 Å². The van der Waals surface area contributed by atoms with Gasteiger partial charge in [-0.2, -0.15) is 0 Å². The molecule has 0 unspecified atom stereocenters. The molecule has 3 aromatic heterocycles. The molecule has 0 atom stereocenters. The first-order valence-corrected chi connectivity index (χ1v) is 14.1. The van der Waals surface area contributed by atoms with Gasteiger partial charge in [-0.1, -0.05) is 60.7 Å². The summed E-state index contributed by atoms with van der Waals surface area (Å²) in [6.07, 6.45) is 1.71. The number of hydrogen-bond acceptors (Lipinski definition) is 3. The molecule has 3 heterocycles. The van der Waals surface area contributed by atoms with Crippen LogP contribution in [0.3, 0.4) is 0 Å². The molecule has 4 aromatic carbocycles. The van der Waals surface area contributed by atoms with E-state index >= 15 is 0 Å². The second-order valence-corrected chi connectivity index (χ2v) is 9.62. The second kappa shape index (κ2) is 17.5. The van der Waals surface area contributed by atoms with E-state index in [0.717, 1.165) is 27.9 Å². The fourth-order valence-electron chi connectivity index (χ4n) is 4.27. The standard InChI is InChI=1S/C18H14N.2C12H10N.Ir/c1-14-7-5-6-10-17(14)16-11-12-18(19-13-16)15-8-3-2-4-9-15;2*1-10-6-5-9-12(13-10)11-7-3-2-4-8-11;/h2-8,10-13H,1H3;2*2-7,9H,1H3;/q3*-1;+3/i3*1D3;. The van der Waals surface area contributed by atoms with Crippen LogP contribution >= 0.6 is 0 Å². The molecule has 3 nitrogen and oxygen atoms in total. The van der Waals surface area contributed by atoms with E-state index in [1.54, 1.807) is 54.7 Å². The van der Waals surface area contributed by atoms with Crippen molar-refractivity contribution in [2.75, 3.05) is 0 Å². The number of pyridine rings is 3. The van der Waals surface area contributed by atoms with Crippen LogP contribution in [0.4, 0.5) is 0 Å². The minimum atomic E-state index is -2.16. The maximum Gasteiger partial charge on any atom is 3.00 e. The molecule has 0 fully saturated rings. The molecule has 4 heteroatoms. The molecule has 0 saturated carbocycles. The molecule has 46 heavy (non-hydrogen) atoms. The maximum absolute atomic E-state index is 7.65. The van der Waals surface area contributed by atoms with Crippen LogP contribution in [0.1, 0.15) is 29.3 Å². The zero-order valence-electron chi connectivity index (χ0n) is 33.6. The molecular formula is C42H34IrN3. The van der Waals surface area contributed by atoms with Crippen LogP contribution in [0, 0.1) is 38.8 Å². The van der Waals surface area contributed by atoms with Crippen LogP contribution in [0.15, 0.2) is 152 Å². The van der Waals surface area contributed by atoms with Gasteiger partial charge in [-0.15, -0.1) is 108 Å². The quantitative estimate of drug-likeness (QED) is 0.167. The fourth-order valence-corrected chi connectivity index (χ4v) is 4.27. The molecule has 0 bridgehead atoms. The van der Waals surface area contributed by atoms with Gasteiger partial charge in [-0.05, 0) is 66.5 Å². The Morgan fingerprint density at radius 1 is 0.478 bits per heavy atom. The third-order valence-corrected chi connectivity index (χ3v) is 6.45. The average molecular weight is 782 g/mol. The van der Waals surface area contributed by atoms with Gasteiger partial charge in [-0.3, -0.25) is 0 Å². The van der Waals surface area contributed by atoms with E-state index in [2.05, 4.69) is 33.2 Å². The topological polar surface area (TPSA) is 38.7 Å². The maximum atomic E-state index is 7.65. The molecule has 0 amide bonds. The Bertz CT molecular complexity index is 2130. The van der Waals surface area contributed by atoms with Gasteiger partial charge in [0.25, 0.3) is 0 Å². The molecule has 0 aliphatic heterocycles. The van der Waals surface area contributed by atoms with Gasteiger partial charge in [0, 0.05) is 29.9 Å². The van der Waals surface area contributed by atoms with Crippen molar-refractivity contribution in [1.29, 1.82) is 0 Å². The summed E-state index contributed by atoms with van der Waals surface area (Å²) < 4.78 is 66.7. The summed E-state index contributed by atoms with van der Waals surface area (Å²) >= 11 is 0. The van der Waals surface area contributed by atoms with E-state index in [4.69, 9.17) is 12.3 Å². The Morgan fingerprint density at radius 3 is 1.46 bits per heavy atom. The smallest absolute Gasteiger partial charge is 0.304 e. The zero-order chi connectivity index (χ0) is 38.8. The molecule has 0 saturated heterocycles. The molecule has 0 spiro atoms. The first-order valence-electron chi connectivity index (χ1n) is 18.6. The molecule has 226 valence electrons. The fraction of sp³-hybridized carbons (Fsp3) is 0.0714. The van der Waals surface area contributed by atoms with E-state index < -0.39 is 20.6 Å². The Labute approximate surface area is 299 Å². The van der Waals surface area contributed by atoms with Crippen LogP contribution in [0.5, 0.6) is 0 Å². The normalized spacial score (nSPS) is 13.6. The zero-order valence-corrected chi connectivity index (χ0v) is 27.0. The minimum absolute atomic E-state index is 0. The predicted octanol–water partition coefficient (Wildman–Crippen LogP) is 10.2. The summed E-state index contributed by atoms with van der Waals surface area (Å²) in [5.74, 6) is 0. The van der Waals surface area contributed by atoms with Crippen molar-refractivity contribution in [2.24, 2.45) is 0 Å². The third-order valence-electron chi connectivity index (χ3n) is 6.45. The molecule has 7 aromatic rings. The van der Waals surface area contributed by atoms with E-state index in [9.17, 15) is 0 Å².